The number of ketones is 1. The minimum atomic E-state index is -4.57. The topological polar surface area (TPSA) is 78.6 Å². The molecule has 0 aliphatic carbocycles. The van der Waals surface area contributed by atoms with E-state index in [1.165, 1.54) is 26.2 Å². The molecule has 136 valence electrons. The molecule has 1 aromatic rings. The SMILES string of the molecule is CCC(C(=O)OC)C1=C(c2cccc(C(F)(F)F)c2)C(=O)C(C)(N)O1. The van der Waals surface area contributed by atoms with E-state index in [9.17, 15) is 22.8 Å². The number of methoxy groups -OCH3 is 1. The van der Waals surface area contributed by atoms with E-state index in [4.69, 9.17) is 15.2 Å². The van der Waals surface area contributed by atoms with E-state index in [0.717, 1.165) is 12.1 Å². The molecule has 5 nitrogen and oxygen atoms in total. The van der Waals surface area contributed by atoms with Crippen LogP contribution in [0.3, 0.4) is 0 Å². The van der Waals surface area contributed by atoms with Gasteiger partial charge in [-0.3, -0.25) is 15.3 Å². The van der Waals surface area contributed by atoms with Crippen molar-refractivity contribution in [3.63, 3.8) is 0 Å². The molecular formula is C17H18F3NO4. The first kappa shape index (κ1) is 19.0. The largest absolute Gasteiger partial charge is 0.468 e. The molecule has 1 aromatic carbocycles. The highest BCUT2D eigenvalue weighted by Gasteiger charge is 2.47. The minimum absolute atomic E-state index is 0.00801. The molecule has 1 heterocycles. The third-order valence-electron chi connectivity index (χ3n) is 3.94. The van der Waals surface area contributed by atoms with Crippen molar-refractivity contribution < 1.29 is 32.2 Å². The predicted molar refractivity (Wildman–Crippen MR) is 82.8 cm³/mol. The molecular weight excluding hydrogens is 339 g/mol. The molecule has 0 amide bonds. The second-order valence-corrected chi connectivity index (χ2v) is 5.84. The molecule has 0 saturated heterocycles. The summed E-state index contributed by atoms with van der Waals surface area (Å²) in [5.74, 6) is -2.36. The lowest BCUT2D eigenvalue weighted by Gasteiger charge is -2.20. The van der Waals surface area contributed by atoms with E-state index in [1.807, 2.05) is 0 Å². The number of alkyl halides is 3. The van der Waals surface area contributed by atoms with Gasteiger partial charge in [-0.05, 0) is 31.0 Å². The summed E-state index contributed by atoms with van der Waals surface area (Å²) in [7, 11) is 1.17. The third kappa shape index (κ3) is 3.53. The smallest absolute Gasteiger partial charge is 0.416 e. The van der Waals surface area contributed by atoms with Crippen LogP contribution in [0.4, 0.5) is 13.2 Å². The van der Waals surface area contributed by atoms with Crippen molar-refractivity contribution in [2.24, 2.45) is 11.7 Å². The van der Waals surface area contributed by atoms with Crippen molar-refractivity contribution in [1.82, 2.24) is 0 Å². The van der Waals surface area contributed by atoms with Crippen molar-refractivity contribution in [2.75, 3.05) is 7.11 Å². The van der Waals surface area contributed by atoms with Crippen LogP contribution in [0.1, 0.15) is 31.4 Å². The summed E-state index contributed by atoms with van der Waals surface area (Å²) < 4.78 is 49.1. The first-order chi connectivity index (χ1) is 11.5. The second kappa shape index (κ2) is 6.51. The van der Waals surface area contributed by atoms with E-state index in [-0.39, 0.29) is 23.3 Å². The Bertz CT molecular complexity index is 738. The monoisotopic (exact) mass is 357 g/mol. The van der Waals surface area contributed by atoms with Crippen LogP contribution in [0.5, 0.6) is 0 Å². The van der Waals surface area contributed by atoms with Crippen LogP contribution < -0.4 is 5.73 Å². The number of benzene rings is 1. The van der Waals surface area contributed by atoms with E-state index < -0.39 is 35.1 Å². The Balaban J connectivity index is 2.65. The number of hydrogen-bond acceptors (Lipinski definition) is 5. The second-order valence-electron chi connectivity index (χ2n) is 5.84. The lowest BCUT2D eigenvalue weighted by molar-refractivity contribution is -0.147. The summed E-state index contributed by atoms with van der Waals surface area (Å²) in [5, 5.41) is 0. The van der Waals surface area contributed by atoms with Gasteiger partial charge in [0.15, 0.2) is 0 Å². The van der Waals surface area contributed by atoms with Gasteiger partial charge in [-0.2, -0.15) is 13.2 Å². The zero-order valence-corrected chi connectivity index (χ0v) is 13.9. The van der Waals surface area contributed by atoms with Crippen LogP contribution in [0.25, 0.3) is 5.57 Å². The van der Waals surface area contributed by atoms with Crippen LogP contribution in [0.2, 0.25) is 0 Å². The number of carbonyl (C=O) groups is 2. The van der Waals surface area contributed by atoms with Gasteiger partial charge in [0.2, 0.25) is 11.5 Å². The lowest BCUT2D eigenvalue weighted by atomic mass is 9.92. The maximum Gasteiger partial charge on any atom is 0.416 e. The summed E-state index contributed by atoms with van der Waals surface area (Å²) >= 11 is 0. The zero-order chi connectivity index (χ0) is 19.0. The van der Waals surface area contributed by atoms with Gasteiger partial charge >= 0.3 is 12.1 Å². The minimum Gasteiger partial charge on any atom is -0.468 e. The van der Waals surface area contributed by atoms with Crippen LogP contribution in [-0.2, 0) is 25.2 Å². The number of esters is 1. The highest BCUT2D eigenvalue weighted by molar-refractivity contribution is 6.27. The standard InChI is InChI=1S/C17H18F3NO4/c1-4-11(15(23)24-3)13-12(14(22)16(2,21)25-13)9-6-5-7-10(8-9)17(18,19)20/h5-8,11H,4,21H2,1-3H3. The molecule has 8 heteroatoms. The van der Waals surface area contributed by atoms with Gasteiger partial charge in [0, 0.05) is 0 Å². The number of ether oxygens (including phenoxy) is 2. The molecule has 2 unspecified atom stereocenters. The van der Waals surface area contributed by atoms with Gasteiger partial charge in [-0.15, -0.1) is 0 Å². The number of Topliss-reactive ketones (excluding diaryl/α,β-unsaturated/α-hetero) is 1. The van der Waals surface area contributed by atoms with E-state index in [1.54, 1.807) is 6.92 Å². The summed E-state index contributed by atoms with van der Waals surface area (Å²) in [5.41, 5.74) is 2.99. The molecule has 2 atom stereocenters. The molecule has 2 rings (SSSR count). The average molecular weight is 357 g/mol. The van der Waals surface area contributed by atoms with Crippen LogP contribution in [0, 0.1) is 5.92 Å². The lowest BCUT2D eigenvalue weighted by Crippen LogP contribution is -2.43. The predicted octanol–water partition coefficient (Wildman–Crippen LogP) is 2.89. The van der Waals surface area contributed by atoms with Crippen LogP contribution in [0.15, 0.2) is 30.0 Å². The molecule has 1 aliphatic rings. The Labute approximate surface area is 142 Å². The number of rotatable bonds is 4. The molecule has 0 bridgehead atoms. The maximum atomic E-state index is 13.0. The molecule has 0 saturated carbocycles. The van der Waals surface area contributed by atoms with Gasteiger partial charge in [0.25, 0.3) is 0 Å². The van der Waals surface area contributed by atoms with Crippen LogP contribution in [-0.4, -0.2) is 24.6 Å². The molecule has 0 aromatic heterocycles. The van der Waals surface area contributed by atoms with Crippen molar-refractivity contribution in [3.8, 4) is 0 Å². The number of hydrogen-bond donors (Lipinski definition) is 1. The fraction of sp³-hybridized carbons (Fsp3) is 0.412. The third-order valence-corrected chi connectivity index (χ3v) is 3.94. The Morgan fingerprint density at radius 2 is 2.04 bits per heavy atom. The number of nitrogens with two attached hydrogens (primary N) is 1. The summed E-state index contributed by atoms with van der Waals surface area (Å²) in [6.07, 6.45) is -4.34. The Morgan fingerprint density at radius 1 is 1.40 bits per heavy atom. The number of carbonyl (C=O) groups excluding carboxylic acids is 2. The summed E-state index contributed by atoms with van der Waals surface area (Å²) in [6.45, 7) is 2.96. The Hall–Kier alpha value is -2.35. The molecule has 0 fully saturated rings. The van der Waals surface area contributed by atoms with Gasteiger partial charge < -0.3 is 9.47 Å². The normalized spacial score (nSPS) is 22.0. The van der Waals surface area contributed by atoms with Gasteiger partial charge in [-0.1, -0.05) is 19.1 Å². The first-order valence-corrected chi connectivity index (χ1v) is 7.55. The van der Waals surface area contributed by atoms with Gasteiger partial charge in [0.1, 0.15) is 11.7 Å². The fourth-order valence-electron chi connectivity index (χ4n) is 2.66. The molecule has 0 spiro atoms. The summed E-state index contributed by atoms with van der Waals surface area (Å²) in [6, 6.07) is 4.25. The zero-order valence-electron chi connectivity index (χ0n) is 13.9. The number of halogens is 3. The van der Waals surface area contributed by atoms with Gasteiger partial charge in [0.05, 0.1) is 18.2 Å². The fourth-order valence-corrected chi connectivity index (χ4v) is 2.66. The Morgan fingerprint density at radius 3 is 2.56 bits per heavy atom. The highest BCUT2D eigenvalue weighted by atomic mass is 19.4. The van der Waals surface area contributed by atoms with Crippen molar-refractivity contribution in [1.29, 1.82) is 0 Å². The average Bonchev–Trinajstić information content (AvgIpc) is 2.77. The Kier molecular flexibility index (Phi) is 4.94. The summed E-state index contributed by atoms with van der Waals surface area (Å²) in [4.78, 5) is 24.6. The van der Waals surface area contributed by atoms with Crippen LogP contribution >= 0.6 is 0 Å². The van der Waals surface area contributed by atoms with E-state index in [2.05, 4.69) is 0 Å². The van der Waals surface area contributed by atoms with Crippen molar-refractivity contribution in [2.45, 2.75) is 32.2 Å². The van der Waals surface area contributed by atoms with E-state index >= 15 is 0 Å². The van der Waals surface area contributed by atoms with Gasteiger partial charge in [-0.25, -0.2) is 0 Å². The maximum absolute atomic E-state index is 13.0. The van der Waals surface area contributed by atoms with E-state index in [0.29, 0.717) is 0 Å². The van der Waals surface area contributed by atoms with Crippen molar-refractivity contribution >= 4 is 17.3 Å². The first-order valence-electron chi connectivity index (χ1n) is 7.55. The quantitative estimate of drug-likeness (QED) is 0.839. The molecule has 1 aliphatic heterocycles. The molecule has 0 radical (unpaired) electrons. The molecule has 2 N–H and O–H groups in total. The molecule has 25 heavy (non-hydrogen) atoms. The highest BCUT2D eigenvalue weighted by Crippen LogP contribution is 2.40. The van der Waals surface area contributed by atoms with Crippen molar-refractivity contribution in [3.05, 3.63) is 41.2 Å².